The van der Waals surface area contributed by atoms with Crippen LogP contribution in [0.5, 0.6) is 0 Å². The normalized spacial score (nSPS) is 15.9. The lowest BCUT2D eigenvalue weighted by Gasteiger charge is -2.34. The molecule has 0 aliphatic carbocycles. The monoisotopic (exact) mass is 372 g/mol. The zero-order valence-electron chi connectivity index (χ0n) is 16.3. The third-order valence-electron chi connectivity index (χ3n) is 5.32. The number of ether oxygens (including phenoxy) is 1. The molecule has 0 spiro atoms. The molecule has 1 aromatic carbocycles. The molecule has 0 amide bonds. The van der Waals surface area contributed by atoms with Gasteiger partial charge in [-0.2, -0.15) is 0 Å². The standard InChI is InChI=1S/C21H29N3OS/c1-5-23(6-2)12-13-24-18-14-21(3,4)25-15-17(18)20(26)22-19(24)16-10-8-7-9-11-16/h7-11H,5-6,12-15H2,1-4H3/p+1. The molecule has 1 aromatic heterocycles. The van der Waals surface area contributed by atoms with Crippen molar-refractivity contribution in [1.82, 2.24) is 9.55 Å². The first kappa shape index (κ1) is 19.2. The van der Waals surface area contributed by atoms with E-state index in [1.807, 2.05) is 6.07 Å². The molecule has 0 radical (unpaired) electrons. The molecule has 0 unspecified atom stereocenters. The highest BCUT2D eigenvalue weighted by atomic mass is 32.1. The Hall–Kier alpha value is -1.56. The molecule has 3 rings (SSSR count). The van der Waals surface area contributed by atoms with E-state index in [2.05, 4.69) is 56.5 Å². The Morgan fingerprint density at radius 1 is 1.19 bits per heavy atom. The van der Waals surface area contributed by atoms with Gasteiger partial charge in [0.2, 0.25) is 0 Å². The summed E-state index contributed by atoms with van der Waals surface area (Å²) in [6.45, 7) is 13.7. The summed E-state index contributed by atoms with van der Waals surface area (Å²) in [7, 11) is 0. The Bertz CT molecular complexity index is 810. The minimum Gasteiger partial charge on any atom is -0.370 e. The largest absolute Gasteiger partial charge is 0.370 e. The first-order valence-corrected chi connectivity index (χ1v) is 10.0. The van der Waals surface area contributed by atoms with Crippen LogP contribution in [-0.2, 0) is 24.3 Å². The second kappa shape index (κ2) is 7.99. The number of quaternary nitrogens is 1. The molecule has 1 aliphatic rings. The van der Waals surface area contributed by atoms with Crippen LogP contribution in [0.2, 0.25) is 0 Å². The number of rotatable bonds is 6. The van der Waals surface area contributed by atoms with Gasteiger partial charge in [0.1, 0.15) is 10.5 Å². The van der Waals surface area contributed by atoms with E-state index in [1.165, 1.54) is 5.69 Å². The number of aromatic nitrogens is 2. The van der Waals surface area contributed by atoms with Crippen molar-refractivity contribution in [2.45, 2.75) is 52.9 Å². The summed E-state index contributed by atoms with van der Waals surface area (Å²) in [6.07, 6.45) is 0.863. The lowest BCUT2D eigenvalue weighted by atomic mass is 9.96. The Labute approximate surface area is 161 Å². The van der Waals surface area contributed by atoms with Gasteiger partial charge in [-0.15, -0.1) is 0 Å². The second-order valence-corrected chi connectivity index (χ2v) is 8.00. The molecule has 1 N–H and O–H groups in total. The molecular weight excluding hydrogens is 342 g/mol. The van der Waals surface area contributed by atoms with E-state index < -0.39 is 0 Å². The van der Waals surface area contributed by atoms with Crippen molar-refractivity contribution in [3.8, 4) is 11.4 Å². The molecule has 2 heterocycles. The Kier molecular flexibility index (Phi) is 5.90. The maximum absolute atomic E-state index is 6.02. The van der Waals surface area contributed by atoms with Crippen molar-refractivity contribution in [3.63, 3.8) is 0 Å². The predicted molar refractivity (Wildman–Crippen MR) is 108 cm³/mol. The highest BCUT2D eigenvalue weighted by Gasteiger charge is 2.30. The molecule has 0 saturated heterocycles. The van der Waals surface area contributed by atoms with Crippen LogP contribution in [0.3, 0.4) is 0 Å². The summed E-state index contributed by atoms with van der Waals surface area (Å²) in [5.74, 6) is 0.985. The zero-order valence-corrected chi connectivity index (χ0v) is 17.2. The second-order valence-electron chi connectivity index (χ2n) is 7.62. The van der Waals surface area contributed by atoms with E-state index in [1.54, 1.807) is 4.90 Å². The van der Waals surface area contributed by atoms with Crippen molar-refractivity contribution in [3.05, 3.63) is 46.2 Å². The van der Waals surface area contributed by atoms with Crippen LogP contribution < -0.4 is 4.90 Å². The molecule has 0 atom stereocenters. The van der Waals surface area contributed by atoms with Crippen LogP contribution in [0.1, 0.15) is 39.0 Å². The third-order valence-corrected chi connectivity index (χ3v) is 5.65. The number of likely N-dealkylation sites (N-methyl/N-ethyl adjacent to an activating group) is 1. The Morgan fingerprint density at radius 2 is 1.88 bits per heavy atom. The lowest BCUT2D eigenvalue weighted by molar-refractivity contribution is -0.897. The summed E-state index contributed by atoms with van der Waals surface area (Å²) >= 11 is 5.63. The fraction of sp³-hybridized carbons (Fsp3) is 0.524. The van der Waals surface area contributed by atoms with Crippen molar-refractivity contribution < 1.29 is 9.64 Å². The van der Waals surface area contributed by atoms with Gasteiger partial charge < -0.3 is 14.2 Å². The maximum atomic E-state index is 6.02. The number of hydrogen-bond donors (Lipinski definition) is 1. The Balaban J connectivity index is 2.12. The summed E-state index contributed by atoms with van der Waals surface area (Å²) in [5.41, 5.74) is 3.34. The van der Waals surface area contributed by atoms with Gasteiger partial charge in [0.15, 0.2) is 0 Å². The number of fused-ring (bicyclic) bond motifs is 1. The summed E-state index contributed by atoms with van der Waals surface area (Å²) in [6, 6.07) is 10.4. The van der Waals surface area contributed by atoms with Gasteiger partial charge in [0.05, 0.1) is 38.4 Å². The molecule has 140 valence electrons. The summed E-state index contributed by atoms with van der Waals surface area (Å²) < 4.78 is 9.10. The van der Waals surface area contributed by atoms with E-state index in [9.17, 15) is 0 Å². The average molecular weight is 373 g/mol. The number of nitrogens with zero attached hydrogens (tertiary/aromatic N) is 2. The molecule has 2 aromatic rings. The SMILES string of the molecule is CC[NH+](CC)CCn1c(-c2ccccc2)nc(=S)c2c1CC(C)(C)OC2. The molecular formula is C21H30N3OS+. The highest BCUT2D eigenvalue weighted by molar-refractivity contribution is 7.71. The van der Waals surface area contributed by atoms with Crippen molar-refractivity contribution in [2.24, 2.45) is 0 Å². The minimum atomic E-state index is -0.173. The van der Waals surface area contributed by atoms with Gasteiger partial charge in [-0.25, -0.2) is 4.98 Å². The van der Waals surface area contributed by atoms with Gasteiger partial charge >= 0.3 is 0 Å². The van der Waals surface area contributed by atoms with E-state index >= 15 is 0 Å². The summed E-state index contributed by atoms with van der Waals surface area (Å²) in [5, 5.41) is 0. The fourth-order valence-corrected chi connectivity index (χ4v) is 3.89. The number of benzene rings is 1. The first-order chi connectivity index (χ1) is 12.4. The van der Waals surface area contributed by atoms with Crippen LogP contribution in [0.4, 0.5) is 0 Å². The minimum absolute atomic E-state index is 0.173. The van der Waals surface area contributed by atoms with E-state index in [0.29, 0.717) is 11.2 Å². The molecule has 26 heavy (non-hydrogen) atoms. The third kappa shape index (κ3) is 4.05. The molecule has 5 heteroatoms. The summed E-state index contributed by atoms with van der Waals surface area (Å²) in [4.78, 5) is 6.42. The van der Waals surface area contributed by atoms with Gasteiger partial charge in [-0.1, -0.05) is 42.5 Å². The van der Waals surface area contributed by atoms with Crippen LogP contribution in [0, 0.1) is 4.64 Å². The lowest BCUT2D eigenvalue weighted by Crippen LogP contribution is -3.11. The van der Waals surface area contributed by atoms with Gasteiger partial charge in [-0.3, -0.25) is 0 Å². The Morgan fingerprint density at radius 3 is 2.54 bits per heavy atom. The topological polar surface area (TPSA) is 31.5 Å². The smallest absolute Gasteiger partial charge is 0.141 e. The zero-order chi connectivity index (χ0) is 18.7. The number of nitrogens with one attached hydrogen (secondary N) is 1. The molecule has 4 nitrogen and oxygen atoms in total. The quantitative estimate of drug-likeness (QED) is 0.791. The predicted octanol–water partition coefficient (Wildman–Crippen LogP) is 3.06. The van der Waals surface area contributed by atoms with Crippen LogP contribution in [0.15, 0.2) is 30.3 Å². The highest BCUT2D eigenvalue weighted by Crippen LogP contribution is 2.31. The van der Waals surface area contributed by atoms with Crippen LogP contribution >= 0.6 is 12.2 Å². The molecule has 0 fully saturated rings. The fourth-order valence-electron chi connectivity index (χ4n) is 3.63. The van der Waals surface area contributed by atoms with E-state index in [-0.39, 0.29) is 5.60 Å². The molecule has 0 saturated carbocycles. The van der Waals surface area contributed by atoms with E-state index in [0.717, 1.165) is 49.6 Å². The first-order valence-electron chi connectivity index (χ1n) is 9.60. The molecule has 1 aliphatic heterocycles. The van der Waals surface area contributed by atoms with Crippen LogP contribution in [-0.4, -0.2) is 34.8 Å². The number of hydrogen-bond acceptors (Lipinski definition) is 3. The average Bonchev–Trinajstić information content (AvgIpc) is 2.63. The van der Waals surface area contributed by atoms with E-state index in [4.69, 9.17) is 21.9 Å². The van der Waals surface area contributed by atoms with Crippen molar-refractivity contribution in [1.29, 1.82) is 0 Å². The maximum Gasteiger partial charge on any atom is 0.141 e. The van der Waals surface area contributed by atoms with Gasteiger partial charge in [0.25, 0.3) is 0 Å². The van der Waals surface area contributed by atoms with Crippen molar-refractivity contribution in [2.75, 3.05) is 19.6 Å². The molecule has 0 bridgehead atoms. The van der Waals surface area contributed by atoms with Gasteiger partial charge in [-0.05, 0) is 27.7 Å². The van der Waals surface area contributed by atoms with Crippen LogP contribution in [0.25, 0.3) is 11.4 Å². The van der Waals surface area contributed by atoms with Gasteiger partial charge in [0, 0.05) is 23.2 Å². The van der Waals surface area contributed by atoms with Crippen molar-refractivity contribution >= 4 is 12.2 Å².